The number of nitrogens with zero attached hydrogens (tertiary/aromatic N) is 2. The summed E-state index contributed by atoms with van der Waals surface area (Å²) in [5.74, 6) is 0. The normalized spacial score (nSPS) is 11.4. The van der Waals surface area contributed by atoms with Gasteiger partial charge in [-0.25, -0.2) is 0 Å². The van der Waals surface area contributed by atoms with Gasteiger partial charge in [-0.15, -0.1) is 0 Å². The molecule has 1 aromatic heterocycles. The lowest BCUT2D eigenvalue weighted by Crippen LogP contribution is -2.08. The van der Waals surface area contributed by atoms with Crippen molar-refractivity contribution in [2.24, 2.45) is 0 Å². The number of para-hydroxylation sites is 1. The van der Waals surface area contributed by atoms with E-state index < -0.39 is 0 Å². The molecule has 0 unspecified atom stereocenters. The fourth-order valence-electron chi connectivity index (χ4n) is 6.38. The lowest BCUT2D eigenvalue weighted by atomic mass is 10.0. The first-order valence-electron chi connectivity index (χ1n) is 14.8. The molecule has 43 heavy (non-hydrogen) atoms. The van der Waals surface area contributed by atoms with E-state index in [0.29, 0.717) is 0 Å². The molecule has 0 fully saturated rings. The summed E-state index contributed by atoms with van der Waals surface area (Å²) in [7, 11) is 2.11. The van der Waals surface area contributed by atoms with Crippen molar-refractivity contribution in [2.45, 2.75) is 0 Å². The number of aromatic nitrogens is 1. The summed E-state index contributed by atoms with van der Waals surface area (Å²) in [5, 5.41) is 5.10. The Kier molecular flexibility index (Phi) is 6.05. The molecule has 204 valence electrons. The van der Waals surface area contributed by atoms with Crippen LogP contribution in [0.2, 0.25) is 0 Å². The SMILES string of the molecule is CN(c1ccccc1)c1ccc(-c2ccc3c4c5ccccc5ccc4n(-c4cccc(-c5ccccc5)c4)c3c2)cc1. The van der Waals surface area contributed by atoms with Crippen molar-refractivity contribution in [1.82, 2.24) is 4.57 Å². The Morgan fingerprint density at radius 1 is 0.419 bits per heavy atom. The van der Waals surface area contributed by atoms with E-state index in [2.05, 4.69) is 180 Å². The van der Waals surface area contributed by atoms with E-state index in [4.69, 9.17) is 0 Å². The van der Waals surface area contributed by atoms with Crippen LogP contribution in [-0.4, -0.2) is 11.6 Å². The van der Waals surface area contributed by atoms with Gasteiger partial charge in [0.05, 0.1) is 11.0 Å². The molecular formula is C41H30N2. The van der Waals surface area contributed by atoms with Gasteiger partial charge >= 0.3 is 0 Å². The smallest absolute Gasteiger partial charge is 0.0547 e. The third-order valence-electron chi connectivity index (χ3n) is 8.60. The molecule has 2 heteroatoms. The van der Waals surface area contributed by atoms with Gasteiger partial charge in [0, 0.05) is 34.9 Å². The number of anilines is 2. The number of fused-ring (bicyclic) bond motifs is 5. The fourth-order valence-corrected chi connectivity index (χ4v) is 6.38. The second kappa shape index (κ2) is 10.3. The second-order valence-corrected chi connectivity index (χ2v) is 11.1. The van der Waals surface area contributed by atoms with Crippen LogP contribution in [0.3, 0.4) is 0 Å². The monoisotopic (exact) mass is 550 g/mol. The zero-order valence-corrected chi connectivity index (χ0v) is 24.0. The summed E-state index contributed by atoms with van der Waals surface area (Å²) in [6.45, 7) is 0. The average Bonchev–Trinajstić information content (AvgIpc) is 3.43. The van der Waals surface area contributed by atoms with Crippen molar-refractivity contribution < 1.29 is 0 Å². The van der Waals surface area contributed by atoms with Crippen molar-refractivity contribution in [3.8, 4) is 27.9 Å². The van der Waals surface area contributed by atoms with Crippen molar-refractivity contribution >= 4 is 44.0 Å². The molecule has 0 radical (unpaired) electrons. The van der Waals surface area contributed by atoms with Crippen molar-refractivity contribution in [2.75, 3.05) is 11.9 Å². The van der Waals surface area contributed by atoms with Crippen molar-refractivity contribution in [1.29, 1.82) is 0 Å². The zero-order valence-electron chi connectivity index (χ0n) is 24.0. The van der Waals surface area contributed by atoms with E-state index in [9.17, 15) is 0 Å². The minimum absolute atomic E-state index is 1.16. The van der Waals surface area contributed by atoms with Gasteiger partial charge in [-0.2, -0.15) is 0 Å². The molecule has 0 saturated heterocycles. The van der Waals surface area contributed by atoms with Crippen molar-refractivity contribution in [3.05, 3.63) is 164 Å². The van der Waals surface area contributed by atoms with Crippen LogP contribution in [0.25, 0.3) is 60.5 Å². The first kappa shape index (κ1) is 25.1. The Bertz CT molecular complexity index is 2230. The van der Waals surface area contributed by atoms with Crippen LogP contribution in [0.5, 0.6) is 0 Å². The molecule has 7 aromatic carbocycles. The molecule has 8 aromatic rings. The predicted octanol–water partition coefficient (Wildman–Crippen LogP) is 11.0. The summed E-state index contributed by atoms with van der Waals surface area (Å²) in [4.78, 5) is 2.22. The zero-order chi connectivity index (χ0) is 28.8. The highest BCUT2D eigenvalue weighted by Gasteiger charge is 2.16. The highest BCUT2D eigenvalue weighted by molar-refractivity contribution is 6.21. The highest BCUT2D eigenvalue weighted by atomic mass is 15.1. The fraction of sp³-hybridized carbons (Fsp3) is 0.0244. The van der Waals surface area contributed by atoms with Gasteiger partial charge in [0.15, 0.2) is 0 Å². The number of rotatable bonds is 5. The predicted molar refractivity (Wildman–Crippen MR) is 184 cm³/mol. The molecule has 1 heterocycles. The largest absolute Gasteiger partial charge is 0.345 e. The van der Waals surface area contributed by atoms with Crippen molar-refractivity contribution in [3.63, 3.8) is 0 Å². The van der Waals surface area contributed by atoms with Gasteiger partial charge in [0.25, 0.3) is 0 Å². The van der Waals surface area contributed by atoms with Crippen LogP contribution < -0.4 is 4.90 Å². The van der Waals surface area contributed by atoms with Gasteiger partial charge < -0.3 is 9.47 Å². The lowest BCUT2D eigenvalue weighted by Gasteiger charge is -2.19. The van der Waals surface area contributed by atoms with E-state index >= 15 is 0 Å². The topological polar surface area (TPSA) is 8.17 Å². The molecule has 8 rings (SSSR count). The molecule has 0 aliphatic heterocycles. The van der Waals surface area contributed by atoms with E-state index in [-0.39, 0.29) is 0 Å². The van der Waals surface area contributed by atoms with E-state index in [0.717, 1.165) is 11.4 Å². The highest BCUT2D eigenvalue weighted by Crippen LogP contribution is 2.39. The number of hydrogen-bond acceptors (Lipinski definition) is 1. The van der Waals surface area contributed by atoms with Gasteiger partial charge in [-0.05, 0) is 81.6 Å². The van der Waals surface area contributed by atoms with Crippen LogP contribution in [0, 0.1) is 0 Å². The maximum Gasteiger partial charge on any atom is 0.0547 e. The van der Waals surface area contributed by atoms with Gasteiger partial charge in [-0.3, -0.25) is 0 Å². The molecule has 0 saturated carbocycles. The molecule has 0 atom stereocenters. The number of hydrogen-bond donors (Lipinski definition) is 0. The first-order chi connectivity index (χ1) is 21.2. The molecule has 0 bridgehead atoms. The van der Waals surface area contributed by atoms with Gasteiger partial charge in [0.1, 0.15) is 0 Å². The summed E-state index contributed by atoms with van der Waals surface area (Å²) >= 11 is 0. The minimum atomic E-state index is 1.16. The molecule has 0 amide bonds. The summed E-state index contributed by atoms with van der Waals surface area (Å²) in [6.07, 6.45) is 0. The van der Waals surface area contributed by atoms with Crippen LogP contribution in [0.15, 0.2) is 164 Å². The standard InChI is InChI=1S/C41H30N2/c1-42(34-15-6-3-7-16-34)35-23-19-30(20-24-35)33-21-25-38-40(28-33)43(39-26-22-31-13-8-9-18-37(31)41(38)39)36-17-10-14-32(27-36)29-11-4-2-5-12-29/h2-28H,1H3. The Morgan fingerprint density at radius 3 is 1.86 bits per heavy atom. The molecule has 0 N–H and O–H groups in total. The number of benzene rings is 7. The lowest BCUT2D eigenvalue weighted by molar-refractivity contribution is 1.18. The molecule has 0 spiro atoms. The maximum atomic E-state index is 2.44. The Morgan fingerprint density at radius 2 is 1.05 bits per heavy atom. The second-order valence-electron chi connectivity index (χ2n) is 11.1. The van der Waals surface area contributed by atoms with Gasteiger partial charge in [0.2, 0.25) is 0 Å². The minimum Gasteiger partial charge on any atom is -0.345 e. The van der Waals surface area contributed by atoms with Crippen LogP contribution in [0.4, 0.5) is 11.4 Å². The first-order valence-corrected chi connectivity index (χ1v) is 14.8. The van der Waals surface area contributed by atoms with Crippen LogP contribution >= 0.6 is 0 Å². The third-order valence-corrected chi connectivity index (χ3v) is 8.60. The quantitative estimate of drug-likeness (QED) is 0.207. The Balaban J connectivity index is 1.31. The summed E-state index contributed by atoms with van der Waals surface area (Å²) in [6, 6.07) is 59.0. The van der Waals surface area contributed by atoms with Crippen LogP contribution in [0.1, 0.15) is 0 Å². The average molecular weight is 551 g/mol. The molecule has 0 aliphatic rings. The molecule has 0 aliphatic carbocycles. The van der Waals surface area contributed by atoms with E-state index in [1.165, 1.54) is 60.5 Å². The summed E-state index contributed by atoms with van der Waals surface area (Å²) < 4.78 is 2.44. The third kappa shape index (κ3) is 4.36. The maximum absolute atomic E-state index is 2.44. The van der Waals surface area contributed by atoms with Crippen LogP contribution in [-0.2, 0) is 0 Å². The Labute approximate surface area is 251 Å². The van der Waals surface area contributed by atoms with E-state index in [1.807, 2.05) is 0 Å². The Hall–Kier alpha value is -5.60. The summed E-state index contributed by atoms with van der Waals surface area (Å²) in [5.41, 5.74) is 10.8. The molecule has 2 nitrogen and oxygen atoms in total. The van der Waals surface area contributed by atoms with E-state index in [1.54, 1.807) is 0 Å². The molecular weight excluding hydrogens is 520 g/mol. The van der Waals surface area contributed by atoms with Gasteiger partial charge in [-0.1, -0.05) is 115 Å².